The number of anilines is 1. The minimum atomic E-state index is -0.492. The molecule has 1 saturated heterocycles. The van der Waals surface area contributed by atoms with Gasteiger partial charge in [0.25, 0.3) is 0 Å². The Morgan fingerprint density at radius 1 is 1.56 bits per heavy atom. The predicted molar refractivity (Wildman–Crippen MR) is 71.7 cm³/mol. The van der Waals surface area contributed by atoms with E-state index in [0.717, 1.165) is 30.9 Å². The molecule has 100 valence electrons. The lowest BCUT2D eigenvalue weighted by Gasteiger charge is -2.37. The average Bonchev–Trinajstić information content (AvgIpc) is 2.39. The molecule has 1 aromatic heterocycles. The molecule has 0 saturated carbocycles. The summed E-state index contributed by atoms with van der Waals surface area (Å²) in [7, 11) is 1.76. The highest BCUT2D eigenvalue weighted by Crippen LogP contribution is 2.28. The first-order valence-corrected chi connectivity index (χ1v) is 6.54. The average molecular weight is 250 g/mol. The highest BCUT2D eigenvalue weighted by atomic mass is 16.5. The lowest BCUT2D eigenvalue weighted by Crippen LogP contribution is -2.44. The zero-order valence-electron chi connectivity index (χ0n) is 11.3. The van der Waals surface area contributed by atoms with Crippen molar-refractivity contribution in [3.8, 4) is 0 Å². The molecule has 1 N–H and O–H groups in total. The number of methoxy groups -OCH3 is 1. The summed E-state index contributed by atoms with van der Waals surface area (Å²) in [4.78, 5) is 6.65. The Hall–Kier alpha value is -1.13. The molecule has 3 unspecified atom stereocenters. The van der Waals surface area contributed by atoms with E-state index >= 15 is 0 Å². The molecule has 0 radical (unpaired) electrons. The van der Waals surface area contributed by atoms with Crippen molar-refractivity contribution in [2.45, 2.75) is 32.5 Å². The molecule has 0 bridgehead atoms. The van der Waals surface area contributed by atoms with Crippen LogP contribution in [0.3, 0.4) is 0 Å². The lowest BCUT2D eigenvalue weighted by atomic mass is 9.95. The van der Waals surface area contributed by atoms with Gasteiger partial charge in [-0.15, -0.1) is 0 Å². The van der Waals surface area contributed by atoms with Crippen LogP contribution >= 0.6 is 0 Å². The van der Waals surface area contributed by atoms with Crippen LogP contribution < -0.4 is 4.90 Å². The van der Waals surface area contributed by atoms with E-state index in [0.29, 0.717) is 5.92 Å². The van der Waals surface area contributed by atoms with Crippen LogP contribution in [0.2, 0.25) is 0 Å². The third-order valence-electron chi connectivity index (χ3n) is 3.76. The van der Waals surface area contributed by atoms with Crippen molar-refractivity contribution in [3.05, 3.63) is 23.9 Å². The molecule has 4 nitrogen and oxygen atoms in total. The minimum absolute atomic E-state index is 0.239. The van der Waals surface area contributed by atoms with E-state index in [4.69, 9.17) is 4.74 Å². The second kappa shape index (κ2) is 5.67. The molecule has 2 rings (SSSR count). The largest absolute Gasteiger partial charge is 0.389 e. The summed E-state index contributed by atoms with van der Waals surface area (Å²) in [6.07, 6.45) is 2.62. The number of aliphatic hydroxyl groups excluding tert-OH is 1. The first kappa shape index (κ1) is 13.3. The van der Waals surface area contributed by atoms with Gasteiger partial charge in [-0.05, 0) is 25.3 Å². The van der Waals surface area contributed by atoms with Crippen molar-refractivity contribution in [3.63, 3.8) is 0 Å². The monoisotopic (exact) mass is 250 g/mol. The van der Waals surface area contributed by atoms with Crippen LogP contribution in [0, 0.1) is 5.92 Å². The van der Waals surface area contributed by atoms with Crippen molar-refractivity contribution in [1.82, 2.24) is 4.98 Å². The fourth-order valence-corrected chi connectivity index (χ4v) is 2.53. The second-order valence-electron chi connectivity index (χ2n) is 5.08. The Balaban J connectivity index is 2.21. The standard InChI is InChI=1S/C14H22N2O2/c1-10-6-8-16(9-13(10)18-3)14-12(11(2)17)5-4-7-15-14/h4-5,7,10-11,13,17H,6,8-9H2,1-3H3. The summed E-state index contributed by atoms with van der Waals surface area (Å²) in [5, 5.41) is 9.81. The molecule has 0 aromatic carbocycles. The Morgan fingerprint density at radius 3 is 3.00 bits per heavy atom. The van der Waals surface area contributed by atoms with E-state index in [1.165, 1.54) is 0 Å². The van der Waals surface area contributed by atoms with Crippen molar-refractivity contribution in [2.75, 3.05) is 25.1 Å². The molecule has 2 heterocycles. The molecule has 1 aliphatic rings. The molecule has 1 aromatic rings. The number of nitrogens with zero attached hydrogens (tertiary/aromatic N) is 2. The highest BCUT2D eigenvalue weighted by Gasteiger charge is 2.28. The SMILES string of the molecule is COC1CN(c2ncccc2C(C)O)CCC1C. The normalized spacial score (nSPS) is 26.1. The van der Waals surface area contributed by atoms with Gasteiger partial charge in [0.15, 0.2) is 0 Å². The summed E-state index contributed by atoms with van der Waals surface area (Å²) in [5.41, 5.74) is 0.891. The molecule has 0 aliphatic carbocycles. The predicted octanol–water partition coefficient (Wildman–Crippen LogP) is 2.00. The Kier molecular flexibility index (Phi) is 4.19. The molecule has 0 amide bonds. The first-order chi connectivity index (χ1) is 8.63. The van der Waals surface area contributed by atoms with Gasteiger partial charge >= 0.3 is 0 Å². The number of aliphatic hydroxyl groups is 1. The van der Waals surface area contributed by atoms with Crippen LogP contribution in [0.5, 0.6) is 0 Å². The van der Waals surface area contributed by atoms with Crippen LogP contribution in [0.25, 0.3) is 0 Å². The Labute approximate surface area is 109 Å². The maximum absolute atomic E-state index is 9.81. The van der Waals surface area contributed by atoms with Crippen LogP contribution in [0.1, 0.15) is 31.9 Å². The number of hydrogen-bond donors (Lipinski definition) is 1. The molecule has 18 heavy (non-hydrogen) atoms. The first-order valence-electron chi connectivity index (χ1n) is 6.54. The van der Waals surface area contributed by atoms with Crippen LogP contribution in [0.4, 0.5) is 5.82 Å². The quantitative estimate of drug-likeness (QED) is 0.891. The van der Waals surface area contributed by atoms with E-state index in [-0.39, 0.29) is 6.10 Å². The van der Waals surface area contributed by atoms with Crippen molar-refractivity contribution in [2.24, 2.45) is 5.92 Å². The lowest BCUT2D eigenvalue weighted by molar-refractivity contribution is 0.0494. The highest BCUT2D eigenvalue weighted by molar-refractivity contribution is 5.48. The van der Waals surface area contributed by atoms with E-state index < -0.39 is 6.10 Å². The van der Waals surface area contributed by atoms with Gasteiger partial charge in [0.05, 0.1) is 12.2 Å². The summed E-state index contributed by atoms with van der Waals surface area (Å²) in [6, 6.07) is 3.80. The number of hydrogen-bond acceptors (Lipinski definition) is 4. The number of ether oxygens (including phenoxy) is 1. The van der Waals surface area contributed by atoms with Gasteiger partial charge in [-0.2, -0.15) is 0 Å². The van der Waals surface area contributed by atoms with Crippen LogP contribution in [0.15, 0.2) is 18.3 Å². The zero-order chi connectivity index (χ0) is 13.1. The summed E-state index contributed by atoms with van der Waals surface area (Å²) < 4.78 is 5.52. The van der Waals surface area contributed by atoms with Gasteiger partial charge in [-0.1, -0.05) is 13.0 Å². The summed E-state index contributed by atoms with van der Waals surface area (Å²) in [5.74, 6) is 1.46. The van der Waals surface area contributed by atoms with E-state index in [2.05, 4.69) is 16.8 Å². The molecule has 0 spiro atoms. The van der Waals surface area contributed by atoms with Crippen LogP contribution in [-0.4, -0.2) is 36.4 Å². The maximum atomic E-state index is 9.81. The fraction of sp³-hybridized carbons (Fsp3) is 0.643. The van der Waals surface area contributed by atoms with Crippen LogP contribution in [-0.2, 0) is 4.74 Å². The van der Waals surface area contributed by atoms with E-state index in [1.54, 1.807) is 20.2 Å². The maximum Gasteiger partial charge on any atom is 0.134 e. The molecule has 3 atom stereocenters. The van der Waals surface area contributed by atoms with Gasteiger partial charge in [0, 0.05) is 32.0 Å². The third kappa shape index (κ3) is 2.65. The molecule has 1 aliphatic heterocycles. The number of piperidine rings is 1. The summed E-state index contributed by atoms with van der Waals surface area (Å²) in [6.45, 7) is 5.81. The van der Waals surface area contributed by atoms with E-state index in [1.807, 2.05) is 12.1 Å². The molecular weight excluding hydrogens is 228 g/mol. The van der Waals surface area contributed by atoms with Crippen molar-refractivity contribution in [1.29, 1.82) is 0 Å². The number of aromatic nitrogens is 1. The Bertz CT molecular complexity index is 395. The summed E-state index contributed by atoms with van der Waals surface area (Å²) >= 11 is 0. The molecule has 4 heteroatoms. The third-order valence-corrected chi connectivity index (χ3v) is 3.76. The van der Waals surface area contributed by atoms with Crippen molar-refractivity contribution < 1.29 is 9.84 Å². The topological polar surface area (TPSA) is 45.6 Å². The van der Waals surface area contributed by atoms with Crippen molar-refractivity contribution >= 4 is 5.82 Å². The van der Waals surface area contributed by atoms with Gasteiger partial charge in [0.1, 0.15) is 5.82 Å². The zero-order valence-corrected chi connectivity index (χ0v) is 11.3. The molecular formula is C14H22N2O2. The van der Waals surface area contributed by atoms with Gasteiger partial charge in [-0.3, -0.25) is 0 Å². The second-order valence-corrected chi connectivity index (χ2v) is 5.08. The minimum Gasteiger partial charge on any atom is -0.389 e. The van der Waals surface area contributed by atoms with Gasteiger partial charge in [0.2, 0.25) is 0 Å². The van der Waals surface area contributed by atoms with Gasteiger partial charge in [-0.25, -0.2) is 4.98 Å². The Morgan fingerprint density at radius 2 is 2.33 bits per heavy atom. The molecule has 1 fully saturated rings. The fourth-order valence-electron chi connectivity index (χ4n) is 2.53. The smallest absolute Gasteiger partial charge is 0.134 e. The number of pyridine rings is 1. The van der Waals surface area contributed by atoms with E-state index in [9.17, 15) is 5.11 Å². The number of rotatable bonds is 3. The van der Waals surface area contributed by atoms with Gasteiger partial charge < -0.3 is 14.7 Å².